The molecule has 0 saturated carbocycles. The van der Waals surface area contributed by atoms with Gasteiger partial charge in [0, 0.05) is 46.6 Å². The number of esters is 6. The molecule has 1 N–H and O–H groups in total. The van der Waals surface area contributed by atoms with Crippen LogP contribution in [0.15, 0.2) is 24.3 Å². The van der Waals surface area contributed by atoms with Crippen molar-refractivity contribution < 1.29 is 86.0 Å². The molecule has 2 aliphatic heterocycles. The molecule has 0 amide bonds. The quantitative estimate of drug-likeness (QED) is 0.165. The van der Waals surface area contributed by atoms with Gasteiger partial charge in [0.25, 0.3) is 5.24 Å². The number of aliphatic hydroxyl groups excluding tert-OH is 1. The van der Waals surface area contributed by atoms with Gasteiger partial charge in [-0.1, -0.05) is 0 Å². The monoisotopic (exact) mass is 732 g/mol. The number of benzene rings is 1. The second-order valence-electron chi connectivity index (χ2n) is 10.9. The van der Waals surface area contributed by atoms with Gasteiger partial charge in [0.1, 0.15) is 11.9 Å². The van der Waals surface area contributed by atoms with Crippen LogP contribution in [-0.2, 0) is 71.4 Å². The number of hydrogen-bond donors (Lipinski definition) is 1. The van der Waals surface area contributed by atoms with Crippen LogP contribution >= 0.6 is 11.6 Å². The molecular formula is C31H37ClO18. The normalized spacial score (nSPS) is 29.0. The van der Waals surface area contributed by atoms with Crippen molar-refractivity contribution in [3.05, 3.63) is 29.8 Å². The number of ether oxygens (including phenoxy) is 10. The summed E-state index contributed by atoms with van der Waals surface area (Å²) in [6, 6.07) is 5.46. The van der Waals surface area contributed by atoms with Crippen molar-refractivity contribution in [3.63, 3.8) is 0 Å². The molecule has 19 heteroatoms. The maximum Gasteiger partial charge on any atom is 0.339 e. The number of carbonyl (C=O) groups excluding carboxylic acids is 7. The molecule has 0 bridgehead atoms. The van der Waals surface area contributed by atoms with Crippen LogP contribution in [0.25, 0.3) is 0 Å². The van der Waals surface area contributed by atoms with Gasteiger partial charge in [0.05, 0.1) is 13.7 Å². The van der Waals surface area contributed by atoms with Crippen molar-refractivity contribution in [3.8, 4) is 5.75 Å². The molecule has 1 aromatic rings. The van der Waals surface area contributed by atoms with Crippen LogP contribution in [0.5, 0.6) is 5.75 Å². The Balaban J connectivity index is 1.92. The number of rotatable bonds is 13. The maximum atomic E-state index is 12.7. The van der Waals surface area contributed by atoms with E-state index in [-0.39, 0.29) is 17.7 Å². The second kappa shape index (κ2) is 18.0. The Kier molecular flexibility index (Phi) is 14.5. The summed E-state index contributed by atoms with van der Waals surface area (Å²) in [5.74, 6) is -5.24. The number of halogens is 1. The first-order valence-electron chi connectivity index (χ1n) is 15.0. The molecule has 2 aliphatic rings. The molecule has 276 valence electrons. The first-order chi connectivity index (χ1) is 23.5. The predicted octanol–water partition coefficient (Wildman–Crippen LogP) is 0.493. The fourth-order valence-corrected chi connectivity index (χ4v) is 5.32. The lowest BCUT2D eigenvalue weighted by molar-refractivity contribution is -0.307. The Morgan fingerprint density at radius 1 is 0.680 bits per heavy atom. The molecule has 10 atom stereocenters. The first kappa shape index (κ1) is 40.1. The number of hydrogen-bond acceptors (Lipinski definition) is 18. The zero-order valence-electron chi connectivity index (χ0n) is 27.8. The molecule has 0 spiro atoms. The minimum absolute atomic E-state index is 0.116. The lowest BCUT2D eigenvalue weighted by Gasteiger charge is -2.44. The van der Waals surface area contributed by atoms with E-state index in [1.54, 1.807) is 0 Å². The summed E-state index contributed by atoms with van der Waals surface area (Å²) in [5, 5.41) is 10.4. The van der Waals surface area contributed by atoms with E-state index >= 15 is 0 Å². The Hall–Kier alpha value is -4.36. The van der Waals surface area contributed by atoms with Crippen molar-refractivity contribution in [2.75, 3.05) is 13.7 Å². The van der Waals surface area contributed by atoms with Crippen LogP contribution < -0.4 is 4.74 Å². The van der Waals surface area contributed by atoms with Gasteiger partial charge in [-0.05, 0) is 35.9 Å². The summed E-state index contributed by atoms with van der Waals surface area (Å²) in [4.78, 5) is 84.4. The second-order valence-corrected chi connectivity index (χ2v) is 11.3. The average molecular weight is 733 g/mol. The molecule has 0 aliphatic carbocycles. The van der Waals surface area contributed by atoms with E-state index in [1.807, 2.05) is 0 Å². The van der Waals surface area contributed by atoms with E-state index in [2.05, 4.69) is 0 Å². The van der Waals surface area contributed by atoms with Crippen LogP contribution in [0.2, 0.25) is 0 Å². The number of carbonyl (C=O) groups is 7. The Morgan fingerprint density at radius 3 is 1.70 bits per heavy atom. The van der Waals surface area contributed by atoms with E-state index < -0.39 is 109 Å². The van der Waals surface area contributed by atoms with Gasteiger partial charge in [-0.3, -0.25) is 28.8 Å². The first-order valence-corrected chi connectivity index (χ1v) is 15.4. The van der Waals surface area contributed by atoms with Crippen LogP contribution in [0.3, 0.4) is 0 Å². The maximum absolute atomic E-state index is 12.7. The van der Waals surface area contributed by atoms with Crippen LogP contribution in [0.1, 0.15) is 51.4 Å². The van der Waals surface area contributed by atoms with Crippen molar-refractivity contribution in [1.82, 2.24) is 0 Å². The number of methoxy groups -OCH3 is 1. The molecular weight excluding hydrogens is 696 g/mol. The third-order valence-corrected chi connectivity index (χ3v) is 7.29. The summed E-state index contributed by atoms with van der Waals surface area (Å²) in [6.07, 6.45) is -15.8. The Morgan fingerprint density at radius 2 is 1.18 bits per heavy atom. The van der Waals surface area contributed by atoms with Crippen LogP contribution in [0, 0.1) is 0 Å². The van der Waals surface area contributed by atoms with E-state index in [9.17, 15) is 38.7 Å². The van der Waals surface area contributed by atoms with E-state index in [0.717, 1.165) is 41.7 Å². The van der Waals surface area contributed by atoms with Gasteiger partial charge in [0.2, 0.25) is 6.29 Å². The van der Waals surface area contributed by atoms with Crippen molar-refractivity contribution in [2.24, 2.45) is 0 Å². The minimum Gasteiger partial charge on any atom is -0.467 e. The fraction of sp³-hybridized carbons (Fsp3) is 0.581. The summed E-state index contributed by atoms with van der Waals surface area (Å²) in [7, 11) is 1.03. The standard InChI is InChI=1S/C31H37ClO18/c1-13(33)43-22-20(49-30(21(38)23(22)44-14(2)34)48-19-9-7-18(8-10-19)28(32)39)11-12-42-31-27(47-17(5)37)25(46-16(4)36)24(45-15(3)35)26(50-31)29(40)41-6/h7-10,20-27,30-31,38H,11-12H2,1-6H3/t20-,21-,22+,23-,24+,25+,26?,27-,30-,31-/m1/s1. The van der Waals surface area contributed by atoms with Gasteiger partial charge >= 0.3 is 35.8 Å². The highest BCUT2D eigenvalue weighted by atomic mass is 35.5. The third-order valence-electron chi connectivity index (χ3n) is 7.07. The molecule has 3 rings (SSSR count). The molecule has 2 fully saturated rings. The number of aliphatic hydroxyl groups is 1. The molecule has 1 aromatic carbocycles. The van der Waals surface area contributed by atoms with E-state index in [0.29, 0.717) is 0 Å². The third kappa shape index (κ3) is 10.8. The topological polar surface area (TPSA) is 232 Å². The van der Waals surface area contributed by atoms with E-state index in [1.165, 1.54) is 24.3 Å². The van der Waals surface area contributed by atoms with Gasteiger partial charge in [-0.15, -0.1) is 0 Å². The molecule has 0 radical (unpaired) electrons. The minimum atomic E-state index is -1.72. The smallest absolute Gasteiger partial charge is 0.339 e. The van der Waals surface area contributed by atoms with Gasteiger partial charge in [-0.25, -0.2) is 4.79 Å². The van der Waals surface area contributed by atoms with Crippen molar-refractivity contribution >= 4 is 52.7 Å². The molecule has 18 nitrogen and oxygen atoms in total. The average Bonchev–Trinajstić information content (AvgIpc) is 3.02. The van der Waals surface area contributed by atoms with Crippen molar-refractivity contribution in [1.29, 1.82) is 0 Å². The largest absolute Gasteiger partial charge is 0.467 e. The lowest BCUT2D eigenvalue weighted by atomic mass is 9.96. The Bertz CT molecular complexity index is 1410. The SMILES string of the molecule is COC(=O)C1O[C@@H](OCC[C@H]2O[C@@H](Oc3ccc(C(=O)Cl)cc3)[C@H](O)[C@@H](OC(C)=O)[C@H]2OC(C)=O)[C@H](OC(C)=O)[C@@H](OC(C)=O)[C@@H]1OC(C)=O. The molecule has 0 aromatic heterocycles. The summed E-state index contributed by atoms with van der Waals surface area (Å²) < 4.78 is 54.7. The molecule has 2 heterocycles. The van der Waals surface area contributed by atoms with Crippen molar-refractivity contribution in [2.45, 2.75) is 102 Å². The summed E-state index contributed by atoms with van der Waals surface area (Å²) >= 11 is 5.50. The summed E-state index contributed by atoms with van der Waals surface area (Å²) in [5.41, 5.74) is 0.161. The predicted molar refractivity (Wildman–Crippen MR) is 161 cm³/mol. The highest BCUT2D eigenvalue weighted by Gasteiger charge is 2.56. The zero-order chi connectivity index (χ0) is 37.3. The molecule has 1 unspecified atom stereocenters. The zero-order valence-corrected chi connectivity index (χ0v) is 28.5. The van der Waals surface area contributed by atoms with Gasteiger partial charge in [-0.2, -0.15) is 0 Å². The lowest BCUT2D eigenvalue weighted by Crippen LogP contribution is -2.64. The highest BCUT2D eigenvalue weighted by molar-refractivity contribution is 6.67. The van der Waals surface area contributed by atoms with Crippen LogP contribution in [-0.4, -0.2) is 121 Å². The highest BCUT2D eigenvalue weighted by Crippen LogP contribution is 2.33. The Labute approximate surface area is 290 Å². The van der Waals surface area contributed by atoms with Gasteiger partial charge < -0.3 is 52.5 Å². The fourth-order valence-electron chi connectivity index (χ4n) is 5.20. The van der Waals surface area contributed by atoms with E-state index in [4.69, 9.17) is 59.0 Å². The molecule has 2 saturated heterocycles. The van der Waals surface area contributed by atoms with Gasteiger partial charge in [0.15, 0.2) is 49.0 Å². The van der Waals surface area contributed by atoms with Crippen LogP contribution in [0.4, 0.5) is 0 Å². The molecule has 50 heavy (non-hydrogen) atoms. The summed E-state index contributed by atoms with van der Waals surface area (Å²) in [6.45, 7) is 4.84.